The number of imidazole rings is 1. The fraction of sp³-hybridized carbons (Fsp3) is 0.500. The average Bonchev–Trinajstić information content (AvgIpc) is 2.11. The Balaban J connectivity index is 3.15. The Morgan fingerprint density at radius 2 is 2.00 bits per heavy atom. The summed E-state index contributed by atoms with van der Waals surface area (Å²) in [4.78, 5) is 3.22. The van der Waals surface area contributed by atoms with E-state index < -0.39 is 12.0 Å². The maximum Gasteiger partial charge on any atom is 0.449 e. The number of aromatic nitrogens is 2. The summed E-state index contributed by atoms with van der Waals surface area (Å²) in [6.07, 6.45) is -3.15. The van der Waals surface area contributed by atoms with Gasteiger partial charge in [0.05, 0.1) is 0 Å². The number of hydrogen-bond donors (Lipinski definition) is 0. The summed E-state index contributed by atoms with van der Waals surface area (Å²) in [5.74, 6) is -0.852. The van der Waals surface area contributed by atoms with E-state index >= 15 is 0 Å². The molecule has 0 spiro atoms. The highest BCUT2D eigenvalue weighted by atomic mass is 19.4. The van der Waals surface area contributed by atoms with Crippen LogP contribution in [0.3, 0.4) is 0 Å². The van der Waals surface area contributed by atoms with Gasteiger partial charge in [-0.15, -0.1) is 0 Å². The molecule has 0 aliphatic heterocycles. The summed E-state index contributed by atoms with van der Waals surface area (Å²) in [5, 5.41) is 0. The van der Waals surface area contributed by atoms with E-state index in [0.717, 1.165) is 4.57 Å². The lowest BCUT2D eigenvalue weighted by molar-refractivity contribution is -0.146. The normalized spacial score (nSPS) is 12.1. The fourth-order valence-corrected chi connectivity index (χ4v) is 0.758. The smallest absolute Gasteiger partial charge is 0.328 e. The third-order valence-corrected chi connectivity index (χ3v) is 1.47. The van der Waals surface area contributed by atoms with E-state index in [0.29, 0.717) is 5.69 Å². The van der Waals surface area contributed by atoms with Crippen LogP contribution in [0.4, 0.5) is 13.2 Å². The molecule has 1 aromatic rings. The molecule has 1 rings (SSSR count). The number of rotatable bonds is 0. The molecule has 0 aliphatic rings. The molecule has 0 amide bonds. The summed E-state index contributed by atoms with van der Waals surface area (Å²) < 4.78 is 37.0. The lowest BCUT2D eigenvalue weighted by Crippen LogP contribution is -2.13. The van der Waals surface area contributed by atoms with Crippen molar-refractivity contribution in [3.8, 4) is 0 Å². The van der Waals surface area contributed by atoms with Crippen molar-refractivity contribution < 1.29 is 13.2 Å². The maximum absolute atomic E-state index is 12.0. The molecular weight excluding hydrogens is 157 g/mol. The van der Waals surface area contributed by atoms with Crippen molar-refractivity contribution in [2.24, 2.45) is 7.05 Å². The predicted octanol–water partition coefficient (Wildman–Crippen LogP) is 1.75. The number of alkyl halides is 3. The second-order valence-corrected chi connectivity index (χ2v) is 2.28. The monoisotopic (exact) mass is 164 g/mol. The first-order valence-electron chi connectivity index (χ1n) is 2.98. The van der Waals surface area contributed by atoms with Crippen LogP contribution in [-0.2, 0) is 13.2 Å². The highest BCUT2D eigenvalue weighted by Gasteiger charge is 2.35. The van der Waals surface area contributed by atoms with Gasteiger partial charge in [-0.05, 0) is 6.92 Å². The van der Waals surface area contributed by atoms with E-state index in [-0.39, 0.29) is 0 Å². The zero-order valence-electron chi connectivity index (χ0n) is 6.11. The van der Waals surface area contributed by atoms with Crippen molar-refractivity contribution in [2.75, 3.05) is 0 Å². The Labute approximate surface area is 61.7 Å². The molecule has 0 unspecified atom stereocenters. The van der Waals surface area contributed by atoms with Gasteiger partial charge in [-0.2, -0.15) is 13.2 Å². The van der Waals surface area contributed by atoms with Crippen LogP contribution in [0, 0.1) is 6.92 Å². The first-order valence-corrected chi connectivity index (χ1v) is 2.98. The minimum absolute atomic E-state index is 0.498. The molecule has 0 saturated carbocycles. The van der Waals surface area contributed by atoms with Crippen LogP contribution >= 0.6 is 0 Å². The number of hydrogen-bond acceptors (Lipinski definition) is 1. The SMILES string of the molecule is Cc1cnc(C(F)(F)F)n1C. The molecule has 0 saturated heterocycles. The molecule has 5 heteroatoms. The molecule has 0 aliphatic carbocycles. The maximum atomic E-state index is 12.0. The van der Waals surface area contributed by atoms with Crippen LogP contribution in [0.2, 0.25) is 0 Å². The standard InChI is InChI=1S/C6H7F3N2/c1-4-3-10-5(11(4)2)6(7,8)9/h3H,1-2H3. The fourth-order valence-electron chi connectivity index (χ4n) is 0.758. The van der Waals surface area contributed by atoms with Gasteiger partial charge in [0, 0.05) is 18.9 Å². The van der Waals surface area contributed by atoms with Crippen molar-refractivity contribution in [3.63, 3.8) is 0 Å². The third-order valence-electron chi connectivity index (χ3n) is 1.47. The van der Waals surface area contributed by atoms with Crippen LogP contribution in [0.5, 0.6) is 0 Å². The highest BCUT2D eigenvalue weighted by molar-refractivity contribution is 5.04. The van der Waals surface area contributed by atoms with Crippen molar-refractivity contribution in [1.29, 1.82) is 0 Å². The minimum Gasteiger partial charge on any atom is -0.328 e. The van der Waals surface area contributed by atoms with E-state index in [9.17, 15) is 13.2 Å². The lowest BCUT2D eigenvalue weighted by atomic mass is 10.5. The van der Waals surface area contributed by atoms with Gasteiger partial charge >= 0.3 is 6.18 Å². The van der Waals surface area contributed by atoms with E-state index in [1.807, 2.05) is 0 Å². The second-order valence-electron chi connectivity index (χ2n) is 2.28. The molecule has 0 N–H and O–H groups in total. The number of nitrogens with zero attached hydrogens (tertiary/aromatic N) is 2. The highest BCUT2D eigenvalue weighted by Crippen LogP contribution is 2.27. The molecule has 0 fully saturated rings. The lowest BCUT2D eigenvalue weighted by Gasteiger charge is -2.05. The molecule has 62 valence electrons. The first-order chi connectivity index (χ1) is 4.93. The van der Waals surface area contributed by atoms with Gasteiger partial charge in [-0.25, -0.2) is 4.98 Å². The second kappa shape index (κ2) is 2.25. The van der Waals surface area contributed by atoms with E-state index in [2.05, 4.69) is 4.98 Å². The van der Waals surface area contributed by atoms with Gasteiger partial charge in [0.1, 0.15) is 0 Å². The van der Waals surface area contributed by atoms with Gasteiger partial charge < -0.3 is 4.57 Å². The van der Waals surface area contributed by atoms with Crippen LogP contribution in [0.25, 0.3) is 0 Å². The Morgan fingerprint density at radius 1 is 1.45 bits per heavy atom. The van der Waals surface area contributed by atoms with Crippen LogP contribution < -0.4 is 0 Å². The van der Waals surface area contributed by atoms with E-state index in [4.69, 9.17) is 0 Å². The van der Waals surface area contributed by atoms with E-state index in [1.54, 1.807) is 6.92 Å². The Morgan fingerprint density at radius 3 is 2.18 bits per heavy atom. The molecular formula is C6H7F3N2. The Kier molecular flexibility index (Phi) is 1.66. The average molecular weight is 164 g/mol. The van der Waals surface area contributed by atoms with Crippen molar-refractivity contribution >= 4 is 0 Å². The van der Waals surface area contributed by atoms with Crippen molar-refractivity contribution in [2.45, 2.75) is 13.1 Å². The molecule has 0 aromatic carbocycles. The zero-order chi connectivity index (χ0) is 8.65. The topological polar surface area (TPSA) is 17.8 Å². The number of aryl methyl sites for hydroxylation is 1. The molecule has 0 bridgehead atoms. The van der Waals surface area contributed by atoms with E-state index in [1.165, 1.54) is 13.2 Å². The molecule has 11 heavy (non-hydrogen) atoms. The molecule has 1 aromatic heterocycles. The molecule has 1 heterocycles. The summed E-state index contributed by atoms with van der Waals surface area (Å²) >= 11 is 0. The Hall–Kier alpha value is -1.00. The molecule has 0 atom stereocenters. The quantitative estimate of drug-likeness (QED) is 0.571. The summed E-state index contributed by atoms with van der Waals surface area (Å²) in [6.45, 7) is 1.57. The van der Waals surface area contributed by atoms with Gasteiger partial charge in [-0.3, -0.25) is 0 Å². The van der Waals surface area contributed by atoms with Gasteiger partial charge in [0.25, 0.3) is 0 Å². The van der Waals surface area contributed by atoms with Crippen molar-refractivity contribution in [1.82, 2.24) is 9.55 Å². The van der Waals surface area contributed by atoms with Crippen LogP contribution in [-0.4, -0.2) is 9.55 Å². The van der Waals surface area contributed by atoms with Gasteiger partial charge in [0.15, 0.2) is 0 Å². The van der Waals surface area contributed by atoms with Crippen molar-refractivity contribution in [3.05, 3.63) is 17.7 Å². The summed E-state index contributed by atoms with van der Waals surface area (Å²) in [6, 6.07) is 0. The number of halogens is 3. The zero-order valence-corrected chi connectivity index (χ0v) is 6.11. The first kappa shape index (κ1) is 8.10. The Bertz CT molecular complexity index is 261. The van der Waals surface area contributed by atoms with Gasteiger partial charge in [0.2, 0.25) is 5.82 Å². The van der Waals surface area contributed by atoms with Crippen LogP contribution in [0.1, 0.15) is 11.5 Å². The largest absolute Gasteiger partial charge is 0.449 e. The van der Waals surface area contributed by atoms with Crippen LogP contribution in [0.15, 0.2) is 6.20 Å². The minimum atomic E-state index is -4.34. The summed E-state index contributed by atoms with van der Waals surface area (Å²) in [5.41, 5.74) is 0.498. The van der Waals surface area contributed by atoms with Gasteiger partial charge in [-0.1, -0.05) is 0 Å². The molecule has 2 nitrogen and oxygen atoms in total. The molecule has 0 radical (unpaired) electrons. The summed E-state index contributed by atoms with van der Waals surface area (Å²) in [7, 11) is 1.34. The third kappa shape index (κ3) is 1.36. The predicted molar refractivity (Wildman–Crippen MR) is 32.9 cm³/mol.